The largest absolute Gasteiger partial charge is 0.465 e. The van der Waals surface area contributed by atoms with Gasteiger partial charge in [-0.1, -0.05) is 48.0 Å². The molecule has 1 saturated heterocycles. The molecule has 2 aromatic carbocycles. The van der Waals surface area contributed by atoms with Crippen LogP contribution in [-0.4, -0.2) is 52.0 Å². The second kappa shape index (κ2) is 9.05. The Kier molecular flexibility index (Phi) is 6.37. The van der Waals surface area contributed by atoms with Crippen LogP contribution in [0.5, 0.6) is 0 Å². The number of sulfonamides is 1. The number of carbonyl (C=O) groups is 1. The predicted molar refractivity (Wildman–Crippen MR) is 128 cm³/mol. The van der Waals surface area contributed by atoms with Crippen molar-refractivity contribution in [3.8, 4) is 11.1 Å². The Morgan fingerprint density at radius 3 is 2.31 bits per heavy atom. The zero-order chi connectivity index (χ0) is 22.9. The average Bonchev–Trinajstić information content (AvgIpc) is 3.25. The third-order valence-corrected chi connectivity index (χ3v) is 8.80. The van der Waals surface area contributed by atoms with Crippen LogP contribution in [0.1, 0.15) is 20.8 Å². The van der Waals surface area contributed by atoms with Crippen molar-refractivity contribution in [2.75, 3.05) is 38.2 Å². The van der Waals surface area contributed by atoms with E-state index in [0.29, 0.717) is 31.7 Å². The molecule has 0 atom stereocenters. The van der Waals surface area contributed by atoms with E-state index < -0.39 is 16.0 Å². The van der Waals surface area contributed by atoms with E-state index in [2.05, 4.69) is 36.9 Å². The van der Waals surface area contributed by atoms with E-state index in [9.17, 15) is 13.2 Å². The Hall–Kier alpha value is -2.68. The molecule has 0 bridgehead atoms. The van der Waals surface area contributed by atoms with Crippen LogP contribution in [0.3, 0.4) is 0 Å². The van der Waals surface area contributed by atoms with Gasteiger partial charge >= 0.3 is 5.97 Å². The van der Waals surface area contributed by atoms with Crippen molar-refractivity contribution in [2.24, 2.45) is 0 Å². The lowest BCUT2D eigenvalue weighted by molar-refractivity contribution is 0.0602. The number of esters is 1. The van der Waals surface area contributed by atoms with Crippen molar-refractivity contribution >= 4 is 33.0 Å². The second-order valence-corrected chi connectivity index (χ2v) is 10.6. The van der Waals surface area contributed by atoms with Gasteiger partial charge in [0, 0.05) is 42.8 Å². The molecule has 3 aromatic rings. The van der Waals surface area contributed by atoms with E-state index in [1.54, 1.807) is 5.38 Å². The molecule has 0 aliphatic carbocycles. The van der Waals surface area contributed by atoms with Crippen LogP contribution < -0.4 is 4.90 Å². The third kappa shape index (κ3) is 4.18. The minimum absolute atomic E-state index is 0.0421. The van der Waals surface area contributed by atoms with Gasteiger partial charge in [0.2, 0.25) is 10.0 Å². The van der Waals surface area contributed by atoms with Crippen molar-refractivity contribution in [1.82, 2.24) is 4.31 Å². The van der Waals surface area contributed by atoms with Crippen molar-refractivity contribution in [2.45, 2.75) is 18.7 Å². The first-order valence-electron chi connectivity index (χ1n) is 10.4. The monoisotopic (exact) mass is 470 g/mol. The lowest BCUT2D eigenvalue weighted by Crippen LogP contribution is -2.49. The number of rotatable bonds is 5. The van der Waals surface area contributed by atoms with Crippen LogP contribution in [0.25, 0.3) is 11.1 Å². The highest BCUT2D eigenvalue weighted by Crippen LogP contribution is 2.38. The number of ether oxygens (including phenoxy) is 1. The number of carbonyl (C=O) groups excluding carboxylic acids is 1. The minimum Gasteiger partial charge on any atom is -0.465 e. The van der Waals surface area contributed by atoms with Crippen molar-refractivity contribution in [1.29, 1.82) is 0 Å². The highest BCUT2D eigenvalue weighted by atomic mass is 32.2. The summed E-state index contributed by atoms with van der Waals surface area (Å²) in [6, 6.07) is 15.6. The van der Waals surface area contributed by atoms with E-state index in [1.807, 2.05) is 30.3 Å². The molecule has 168 valence electrons. The maximum Gasteiger partial charge on any atom is 0.349 e. The summed E-state index contributed by atoms with van der Waals surface area (Å²) < 4.78 is 33.9. The smallest absolute Gasteiger partial charge is 0.349 e. The SMILES string of the molecule is COC(=O)c1scc(-c2ccccc2)c1S(=O)(=O)N1CCN(c2ccc(C)cc2C)CC1. The van der Waals surface area contributed by atoms with Gasteiger partial charge < -0.3 is 9.64 Å². The van der Waals surface area contributed by atoms with Gasteiger partial charge in [0.15, 0.2) is 0 Å². The first kappa shape index (κ1) is 22.5. The molecule has 1 fully saturated rings. The lowest BCUT2D eigenvalue weighted by Gasteiger charge is -2.36. The third-order valence-electron chi connectivity index (χ3n) is 5.73. The summed E-state index contributed by atoms with van der Waals surface area (Å²) >= 11 is 1.10. The molecule has 32 heavy (non-hydrogen) atoms. The van der Waals surface area contributed by atoms with E-state index >= 15 is 0 Å². The molecule has 1 aliphatic heterocycles. The molecule has 1 aromatic heterocycles. The second-order valence-electron chi connectivity index (χ2n) is 7.85. The van der Waals surface area contributed by atoms with Crippen molar-refractivity contribution in [3.05, 3.63) is 69.9 Å². The zero-order valence-electron chi connectivity index (χ0n) is 18.4. The van der Waals surface area contributed by atoms with E-state index in [0.717, 1.165) is 22.6 Å². The van der Waals surface area contributed by atoms with Crippen LogP contribution >= 0.6 is 11.3 Å². The molecule has 0 amide bonds. The number of benzene rings is 2. The number of methoxy groups -OCH3 is 1. The normalized spacial score (nSPS) is 15.0. The van der Waals surface area contributed by atoms with Gasteiger partial charge in [-0.2, -0.15) is 4.31 Å². The summed E-state index contributed by atoms with van der Waals surface area (Å²) in [6.45, 7) is 6.00. The zero-order valence-corrected chi connectivity index (χ0v) is 20.0. The maximum absolute atomic E-state index is 13.7. The van der Waals surface area contributed by atoms with Crippen LogP contribution in [0, 0.1) is 13.8 Å². The van der Waals surface area contributed by atoms with Crippen LogP contribution in [0.15, 0.2) is 58.8 Å². The number of aryl methyl sites for hydroxylation is 2. The summed E-state index contributed by atoms with van der Waals surface area (Å²) in [7, 11) is -2.62. The van der Waals surface area contributed by atoms with Gasteiger partial charge in [0.05, 0.1) is 7.11 Å². The topological polar surface area (TPSA) is 66.9 Å². The van der Waals surface area contributed by atoms with E-state index in [4.69, 9.17) is 4.74 Å². The van der Waals surface area contributed by atoms with Crippen LogP contribution in [0.4, 0.5) is 5.69 Å². The summed E-state index contributed by atoms with van der Waals surface area (Å²) in [5, 5.41) is 1.72. The Labute approximate surface area is 193 Å². The van der Waals surface area contributed by atoms with Gasteiger partial charge in [-0.05, 0) is 31.0 Å². The van der Waals surface area contributed by atoms with Crippen LogP contribution in [-0.2, 0) is 14.8 Å². The van der Waals surface area contributed by atoms with Crippen LogP contribution in [0.2, 0.25) is 0 Å². The fourth-order valence-corrected chi connectivity index (χ4v) is 7.21. The number of hydrogen-bond donors (Lipinski definition) is 0. The first-order valence-corrected chi connectivity index (χ1v) is 12.7. The standard InChI is InChI=1S/C24H26N2O4S2/c1-17-9-10-21(18(2)15-17)25-11-13-26(14-12-25)32(28,29)23-20(19-7-5-4-6-8-19)16-31-22(23)24(27)30-3/h4-10,15-16H,11-14H2,1-3H3. The van der Waals surface area contributed by atoms with Crippen molar-refractivity contribution < 1.29 is 17.9 Å². The highest BCUT2D eigenvalue weighted by Gasteiger charge is 2.36. The Morgan fingerprint density at radius 1 is 1.00 bits per heavy atom. The number of anilines is 1. The number of nitrogens with zero attached hydrogens (tertiary/aromatic N) is 2. The van der Waals surface area contributed by atoms with Gasteiger partial charge in [0.25, 0.3) is 0 Å². The van der Waals surface area contributed by atoms with E-state index in [1.165, 1.54) is 22.5 Å². The Balaban J connectivity index is 1.65. The molecule has 0 radical (unpaired) electrons. The molecule has 8 heteroatoms. The molecule has 0 N–H and O–H groups in total. The minimum atomic E-state index is -3.89. The number of piperazine rings is 1. The van der Waals surface area contributed by atoms with Gasteiger partial charge in [-0.3, -0.25) is 0 Å². The summed E-state index contributed by atoms with van der Waals surface area (Å²) in [5.74, 6) is -0.635. The molecular formula is C24H26N2O4S2. The first-order chi connectivity index (χ1) is 15.3. The van der Waals surface area contributed by atoms with Gasteiger partial charge in [0.1, 0.15) is 9.77 Å². The molecule has 0 spiro atoms. The molecule has 0 saturated carbocycles. The summed E-state index contributed by atoms with van der Waals surface area (Å²) in [6.07, 6.45) is 0. The summed E-state index contributed by atoms with van der Waals surface area (Å²) in [5.41, 5.74) is 4.80. The fraction of sp³-hybridized carbons (Fsp3) is 0.292. The molecule has 6 nitrogen and oxygen atoms in total. The average molecular weight is 471 g/mol. The Bertz CT molecular complexity index is 1230. The highest BCUT2D eigenvalue weighted by molar-refractivity contribution is 7.89. The molecule has 1 aliphatic rings. The molecule has 0 unspecified atom stereocenters. The molecular weight excluding hydrogens is 444 g/mol. The Morgan fingerprint density at radius 2 is 1.69 bits per heavy atom. The fourth-order valence-electron chi connectivity index (χ4n) is 4.11. The number of thiophene rings is 1. The van der Waals surface area contributed by atoms with Gasteiger partial charge in [-0.25, -0.2) is 13.2 Å². The van der Waals surface area contributed by atoms with E-state index in [-0.39, 0.29) is 9.77 Å². The predicted octanol–water partition coefficient (Wildman–Crippen LogP) is 4.33. The summed E-state index contributed by atoms with van der Waals surface area (Å²) in [4.78, 5) is 14.8. The van der Waals surface area contributed by atoms with Crippen molar-refractivity contribution in [3.63, 3.8) is 0 Å². The molecule has 2 heterocycles. The quantitative estimate of drug-likeness (QED) is 0.519. The van der Waals surface area contributed by atoms with Gasteiger partial charge in [-0.15, -0.1) is 11.3 Å². The molecule has 4 rings (SSSR count). The maximum atomic E-state index is 13.7. The lowest BCUT2D eigenvalue weighted by atomic mass is 10.1. The number of hydrogen-bond acceptors (Lipinski definition) is 6.